The average molecular weight is 286 g/mol. The van der Waals surface area contributed by atoms with Crippen LogP contribution >= 0.6 is 0 Å². The summed E-state index contributed by atoms with van der Waals surface area (Å²) in [4.78, 5) is 28.8. The van der Waals surface area contributed by atoms with Crippen LogP contribution < -0.4 is 0 Å². The Kier molecular flexibility index (Phi) is 3.39. The Morgan fingerprint density at radius 2 is 2.14 bits per heavy atom. The Morgan fingerprint density at radius 1 is 1.29 bits per heavy atom. The highest BCUT2D eigenvalue weighted by molar-refractivity contribution is 5.88. The van der Waals surface area contributed by atoms with Crippen molar-refractivity contribution in [2.75, 3.05) is 6.54 Å². The molecule has 0 unspecified atom stereocenters. The molecule has 0 radical (unpaired) electrons. The highest BCUT2D eigenvalue weighted by Gasteiger charge is 2.21. The second kappa shape index (κ2) is 5.35. The first-order valence-electron chi connectivity index (χ1n) is 6.59. The van der Waals surface area contributed by atoms with Gasteiger partial charge in [-0.3, -0.25) is 4.79 Å². The van der Waals surface area contributed by atoms with E-state index in [1.54, 1.807) is 17.0 Å². The van der Waals surface area contributed by atoms with Crippen LogP contribution in [0.1, 0.15) is 21.5 Å². The number of aromatic carboxylic acids is 1. The smallest absolute Gasteiger partial charge is 0.335 e. The van der Waals surface area contributed by atoms with E-state index >= 15 is 0 Å². The second-order valence-electron chi connectivity index (χ2n) is 4.95. The molecule has 7 nitrogen and oxygen atoms in total. The molecule has 7 heteroatoms. The Hall–Kier alpha value is -2.70. The van der Waals surface area contributed by atoms with E-state index in [4.69, 9.17) is 5.11 Å². The summed E-state index contributed by atoms with van der Waals surface area (Å²) < 4.78 is 1.48. The van der Waals surface area contributed by atoms with Gasteiger partial charge in [-0.15, -0.1) is 0 Å². The van der Waals surface area contributed by atoms with Crippen LogP contribution in [0.5, 0.6) is 0 Å². The van der Waals surface area contributed by atoms with Gasteiger partial charge < -0.3 is 10.0 Å². The maximum Gasteiger partial charge on any atom is 0.335 e. The Morgan fingerprint density at radius 3 is 2.86 bits per heavy atom. The maximum atomic E-state index is 12.2. The fourth-order valence-corrected chi connectivity index (χ4v) is 2.46. The largest absolute Gasteiger partial charge is 0.478 e. The molecule has 1 amide bonds. The van der Waals surface area contributed by atoms with Gasteiger partial charge in [-0.25, -0.2) is 14.5 Å². The zero-order valence-corrected chi connectivity index (χ0v) is 11.3. The molecule has 1 aromatic carbocycles. The fraction of sp³-hybridized carbons (Fsp3) is 0.286. The normalized spacial score (nSPS) is 13.8. The minimum absolute atomic E-state index is 0.0492. The first kappa shape index (κ1) is 13.3. The van der Waals surface area contributed by atoms with Crippen LogP contribution in [-0.2, 0) is 24.3 Å². The molecule has 0 spiro atoms. The van der Waals surface area contributed by atoms with E-state index in [0.29, 0.717) is 13.1 Å². The predicted molar refractivity (Wildman–Crippen MR) is 72.5 cm³/mol. The number of aromatic nitrogens is 3. The third kappa shape index (κ3) is 2.76. The van der Waals surface area contributed by atoms with Gasteiger partial charge in [0.15, 0.2) is 0 Å². The number of hydrogen-bond acceptors (Lipinski definition) is 4. The average Bonchev–Trinajstić information content (AvgIpc) is 2.98. The van der Waals surface area contributed by atoms with E-state index < -0.39 is 5.97 Å². The van der Waals surface area contributed by atoms with Gasteiger partial charge in [0.25, 0.3) is 0 Å². The molecule has 0 saturated carbocycles. The van der Waals surface area contributed by atoms with E-state index in [1.807, 2.05) is 6.07 Å². The number of nitrogens with zero attached hydrogens (tertiary/aromatic N) is 4. The quantitative estimate of drug-likeness (QED) is 0.890. The van der Waals surface area contributed by atoms with Gasteiger partial charge >= 0.3 is 5.97 Å². The lowest BCUT2D eigenvalue weighted by molar-refractivity contribution is -0.133. The monoisotopic (exact) mass is 286 g/mol. The van der Waals surface area contributed by atoms with Crippen molar-refractivity contribution in [1.82, 2.24) is 19.7 Å². The lowest BCUT2D eigenvalue weighted by atomic mass is 9.97. The van der Waals surface area contributed by atoms with Crippen molar-refractivity contribution >= 4 is 11.9 Å². The van der Waals surface area contributed by atoms with Gasteiger partial charge in [-0.05, 0) is 29.7 Å². The zero-order chi connectivity index (χ0) is 14.8. The van der Waals surface area contributed by atoms with E-state index in [1.165, 1.54) is 17.3 Å². The minimum atomic E-state index is -0.955. The molecule has 0 aliphatic carbocycles. The Bertz CT molecular complexity index is 682. The van der Waals surface area contributed by atoms with E-state index in [-0.39, 0.29) is 18.0 Å². The van der Waals surface area contributed by atoms with Crippen LogP contribution in [0.25, 0.3) is 0 Å². The van der Waals surface area contributed by atoms with Crippen molar-refractivity contribution in [2.24, 2.45) is 0 Å². The van der Waals surface area contributed by atoms with E-state index in [2.05, 4.69) is 10.1 Å². The highest BCUT2D eigenvalue weighted by atomic mass is 16.4. The van der Waals surface area contributed by atoms with Gasteiger partial charge in [0.05, 0.1) is 5.56 Å². The molecule has 0 atom stereocenters. The first-order valence-corrected chi connectivity index (χ1v) is 6.59. The van der Waals surface area contributed by atoms with Crippen LogP contribution in [0.4, 0.5) is 0 Å². The molecule has 1 N–H and O–H groups in total. The molecule has 0 bridgehead atoms. The highest BCUT2D eigenvalue weighted by Crippen LogP contribution is 2.20. The van der Waals surface area contributed by atoms with Gasteiger partial charge in [-0.1, -0.05) is 6.07 Å². The molecular weight excluding hydrogens is 272 g/mol. The van der Waals surface area contributed by atoms with Crippen molar-refractivity contribution in [2.45, 2.75) is 19.5 Å². The number of carbonyl (C=O) groups excluding carboxylic acids is 1. The summed E-state index contributed by atoms with van der Waals surface area (Å²) >= 11 is 0. The van der Waals surface area contributed by atoms with Crippen LogP contribution in [0.2, 0.25) is 0 Å². The number of carboxylic acids is 1. The third-order valence-electron chi connectivity index (χ3n) is 3.58. The predicted octanol–water partition coefficient (Wildman–Crippen LogP) is 0.561. The van der Waals surface area contributed by atoms with Gasteiger partial charge in [0.2, 0.25) is 5.91 Å². The molecular formula is C14H14N4O3. The van der Waals surface area contributed by atoms with Crippen molar-refractivity contribution in [3.05, 3.63) is 47.5 Å². The van der Waals surface area contributed by atoms with Gasteiger partial charge in [0, 0.05) is 13.1 Å². The fourth-order valence-electron chi connectivity index (χ4n) is 2.46. The summed E-state index contributed by atoms with van der Waals surface area (Å²) in [6.07, 6.45) is 3.62. The number of carboxylic acid groups (broad SMARTS) is 1. The molecule has 21 heavy (non-hydrogen) atoms. The molecule has 3 rings (SSSR count). The number of carbonyl (C=O) groups is 2. The van der Waals surface area contributed by atoms with Crippen LogP contribution in [0, 0.1) is 0 Å². The second-order valence-corrected chi connectivity index (χ2v) is 4.95. The maximum absolute atomic E-state index is 12.2. The first-order chi connectivity index (χ1) is 10.1. The summed E-state index contributed by atoms with van der Waals surface area (Å²) in [5.74, 6) is -1.00. The lowest BCUT2D eigenvalue weighted by Gasteiger charge is -2.29. The van der Waals surface area contributed by atoms with Crippen molar-refractivity contribution in [1.29, 1.82) is 0 Å². The summed E-state index contributed by atoms with van der Waals surface area (Å²) in [5.41, 5.74) is 2.25. The van der Waals surface area contributed by atoms with Crippen molar-refractivity contribution in [3.63, 3.8) is 0 Å². The zero-order valence-electron chi connectivity index (χ0n) is 11.3. The topological polar surface area (TPSA) is 88.3 Å². The Labute approximate surface area is 120 Å². The molecule has 1 aliphatic heterocycles. The summed E-state index contributed by atoms with van der Waals surface area (Å²) in [6, 6.07) is 5.08. The minimum Gasteiger partial charge on any atom is -0.478 e. The van der Waals surface area contributed by atoms with Gasteiger partial charge in [-0.2, -0.15) is 5.10 Å². The molecule has 0 fully saturated rings. The molecule has 0 saturated heterocycles. The molecule has 1 aliphatic rings. The number of hydrogen-bond donors (Lipinski definition) is 1. The number of rotatable bonds is 3. The lowest BCUT2D eigenvalue weighted by Crippen LogP contribution is -2.38. The van der Waals surface area contributed by atoms with Crippen molar-refractivity contribution < 1.29 is 14.7 Å². The van der Waals surface area contributed by atoms with Crippen molar-refractivity contribution in [3.8, 4) is 0 Å². The van der Waals surface area contributed by atoms with Crippen LogP contribution in [-0.4, -0.2) is 43.2 Å². The number of fused-ring (bicyclic) bond motifs is 1. The Balaban J connectivity index is 1.75. The third-order valence-corrected chi connectivity index (χ3v) is 3.58. The van der Waals surface area contributed by atoms with E-state index in [9.17, 15) is 9.59 Å². The number of amides is 1. The molecule has 2 heterocycles. The summed E-state index contributed by atoms with van der Waals surface area (Å²) in [7, 11) is 0. The molecule has 2 aromatic rings. The molecule has 1 aromatic heterocycles. The molecule has 108 valence electrons. The number of benzene rings is 1. The summed E-state index contributed by atoms with van der Waals surface area (Å²) in [6.45, 7) is 1.21. The summed E-state index contributed by atoms with van der Waals surface area (Å²) in [5, 5.41) is 12.9. The van der Waals surface area contributed by atoms with E-state index in [0.717, 1.165) is 17.5 Å². The standard InChI is InChI=1S/C14H14N4O3/c19-13(7-18-9-15-8-16-18)17-4-3-10-1-2-11(14(20)21)5-12(10)6-17/h1-2,5,8-9H,3-4,6-7H2,(H,20,21). The SMILES string of the molecule is O=C(O)c1ccc2c(c1)CN(C(=O)Cn1cncn1)CC2. The van der Waals surface area contributed by atoms with Gasteiger partial charge in [0.1, 0.15) is 19.2 Å². The van der Waals surface area contributed by atoms with Crippen LogP contribution in [0.3, 0.4) is 0 Å². The van der Waals surface area contributed by atoms with Crippen LogP contribution in [0.15, 0.2) is 30.9 Å².